The molecule has 0 radical (unpaired) electrons. The monoisotopic (exact) mass is 211 g/mol. The molecule has 2 heterocycles. The average Bonchev–Trinajstić information content (AvgIpc) is 2.62. The largest absolute Gasteiger partial charge is 0.390 e. The number of fused-ring (bicyclic) bond motifs is 1. The van der Waals surface area contributed by atoms with Crippen molar-refractivity contribution in [2.75, 3.05) is 19.7 Å². The average molecular weight is 211 g/mol. The van der Waals surface area contributed by atoms with E-state index in [9.17, 15) is 5.11 Å². The molecule has 3 unspecified atom stereocenters. The van der Waals surface area contributed by atoms with Crippen molar-refractivity contribution in [1.82, 2.24) is 4.90 Å². The smallest absolute Gasteiger partial charge is 0.0964 e. The summed E-state index contributed by atoms with van der Waals surface area (Å²) in [4.78, 5) is 2.45. The number of aliphatic hydroxyl groups is 1. The Hall–Kier alpha value is -0.380. The van der Waals surface area contributed by atoms with Crippen molar-refractivity contribution >= 4 is 0 Å². The fraction of sp³-hybridized carbons (Fsp3) is 0.833. The molecule has 0 amide bonds. The highest BCUT2D eigenvalue weighted by molar-refractivity contribution is 4.95. The zero-order valence-electron chi connectivity index (χ0n) is 9.48. The fourth-order valence-electron chi connectivity index (χ4n) is 2.56. The lowest BCUT2D eigenvalue weighted by atomic mass is 10.0. The van der Waals surface area contributed by atoms with E-state index < -0.39 is 0 Å². The summed E-state index contributed by atoms with van der Waals surface area (Å²) >= 11 is 0. The molecule has 2 aliphatic rings. The van der Waals surface area contributed by atoms with Gasteiger partial charge in [0.2, 0.25) is 0 Å². The second kappa shape index (κ2) is 4.64. The topological polar surface area (TPSA) is 32.7 Å². The van der Waals surface area contributed by atoms with Crippen molar-refractivity contribution in [1.29, 1.82) is 0 Å². The van der Waals surface area contributed by atoms with Crippen LogP contribution in [-0.4, -0.2) is 48.0 Å². The Bertz CT molecular complexity index is 242. The summed E-state index contributed by atoms with van der Waals surface area (Å²) in [7, 11) is 0. The van der Waals surface area contributed by atoms with E-state index in [2.05, 4.69) is 11.5 Å². The van der Waals surface area contributed by atoms with Crippen LogP contribution in [0.15, 0.2) is 12.2 Å². The van der Waals surface area contributed by atoms with Gasteiger partial charge in [0, 0.05) is 12.6 Å². The predicted molar refractivity (Wildman–Crippen MR) is 59.8 cm³/mol. The first kappa shape index (κ1) is 11.1. The van der Waals surface area contributed by atoms with Crippen LogP contribution in [0.3, 0.4) is 0 Å². The highest BCUT2D eigenvalue weighted by atomic mass is 16.5. The van der Waals surface area contributed by atoms with Gasteiger partial charge in [-0.3, -0.25) is 4.90 Å². The van der Waals surface area contributed by atoms with Crippen LogP contribution < -0.4 is 0 Å². The Labute approximate surface area is 91.7 Å². The van der Waals surface area contributed by atoms with Crippen LogP contribution in [-0.2, 0) is 4.74 Å². The molecule has 0 bridgehead atoms. The summed E-state index contributed by atoms with van der Waals surface area (Å²) in [5.41, 5.74) is 1.02. The van der Waals surface area contributed by atoms with Crippen molar-refractivity contribution in [3.8, 4) is 0 Å². The van der Waals surface area contributed by atoms with Crippen LogP contribution >= 0.6 is 0 Å². The van der Waals surface area contributed by atoms with Crippen molar-refractivity contribution < 1.29 is 9.84 Å². The maximum Gasteiger partial charge on any atom is 0.0964 e. The molecule has 0 aromatic heterocycles. The minimum Gasteiger partial charge on any atom is -0.390 e. The molecule has 0 aliphatic carbocycles. The lowest BCUT2D eigenvalue weighted by molar-refractivity contribution is -0.101. The highest BCUT2D eigenvalue weighted by Gasteiger charge is 2.34. The minimum atomic E-state index is -0.385. The molecule has 0 aromatic carbocycles. The summed E-state index contributed by atoms with van der Waals surface area (Å²) in [5, 5.41) is 9.95. The number of rotatable bonds is 3. The maximum atomic E-state index is 9.95. The first-order valence-electron chi connectivity index (χ1n) is 5.85. The quantitative estimate of drug-likeness (QED) is 0.711. The number of ether oxygens (including phenoxy) is 1. The van der Waals surface area contributed by atoms with Crippen LogP contribution in [0.1, 0.15) is 26.2 Å². The van der Waals surface area contributed by atoms with E-state index in [1.54, 1.807) is 0 Å². The van der Waals surface area contributed by atoms with Crippen LogP contribution in [0.5, 0.6) is 0 Å². The van der Waals surface area contributed by atoms with Gasteiger partial charge in [0.25, 0.3) is 0 Å². The Morgan fingerprint density at radius 2 is 2.47 bits per heavy atom. The molecule has 2 fully saturated rings. The van der Waals surface area contributed by atoms with Gasteiger partial charge in [-0.15, -0.1) is 6.58 Å². The molecule has 3 nitrogen and oxygen atoms in total. The van der Waals surface area contributed by atoms with Gasteiger partial charge < -0.3 is 9.84 Å². The van der Waals surface area contributed by atoms with E-state index in [0.29, 0.717) is 12.5 Å². The Balaban J connectivity index is 1.86. The van der Waals surface area contributed by atoms with Gasteiger partial charge in [-0.25, -0.2) is 0 Å². The lowest BCUT2D eigenvalue weighted by Crippen LogP contribution is -2.50. The molecular weight excluding hydrogens is 190 g/mol. The lowest BCUT2D eigenvalue weighted by Gasteiger charge is -2.37. The third-order valence-electron chi connectivity index (χ3n) is 3.40. The summed E-state index contributed by atoms with van der Waals surface area (Å²) in [6.45, 7) is 8.62. The molecule has 2 aliphatic heterocycles. The van der Waals surface area contributed by atoms with Gasteiger partial charge in [-0.05, 0) is 32.7 Å². The summed E-state index contributed by atoms with van der Waals surface area (Å²) in [5.74, 6) is 0. The summed E-state index contributed by atoms with van der Waals surface area (Å²) < 4.78 is 5.72. The van der Waals surface area contributed by atoms with Crippen LogP contribution in [0, 0.1) is 0 Å². The van der Waals surface area contributed by atoms with Crippen molar-refractivity contribution in [3.63, 3.8) is 0 Å². The van der Waals surface area contributed by atoms with Gasteiger partial charge in [0.1, 0.15) is 0 Å². The first-order chi connectivity index (χ1) is 7.16. The van der Waals surface area contributed by atoms with E-state index in [4.69, 9.17) is 4.74 Å². The number of hydrogen-bond donors (Lipinski definition) is 1. The molecule has 0 saturated carbocycles. The van der Waals surface area contributed by atoms with Gasteiger partial charge in [-0.2, -0.15) is 0 Å². The summed E-state index contributed by atoms with van der Waals surface area (Å²) in [6.07, 6.45) is 2.78. The van der Waals surface area contributed by atoms with Crippen LogP contribution in [0.2, 0.25) is 0 Å². The Morgan fingerprint density at radius 1 is 1.67 bits per heavy atom. The van der Waals surface area contributed by atoms with Crippen molar-refractivity contribution in [2.24, 2.45) is 0 Å². The van der Waals surface area contributed by atoms with E-state index in [-0.39, 0.29) is 12.2 Å². The molecule has 0 aromatic rings. The van der Waals surface area contributed by atoms with Crippen LogP contribution in [0.4, 0.5) is 0 Å². The normalized spacial score (nSPS) is 33.7. The van der Waals surface area contributed by atoms with E-state index >= 15 is 0 Å². The Kier molecular flexibility index (Phi) is 3.44. The van der Waals surface area contributed by atoms with Gasteiger partial charge in [-0.1, -0.05) is 5.57 Å². The third kappa shape index (κ3) is 2.60. The molecular formula is C12H21NO2. The van der Waals surface area contributed by atoms with E-state index in [0.717, 1.165) is 18.7 Å². The van der Waals surface area contributed by atoms with Crippen molar-refractivity contribution in [2.45, 2.75) is 44.4 Å². The first-order valence-corrected chi connectivity index (χ1v) is 5.85. The predicted octanol–water partition coefficient (Wildman–Crippen LogP) is 1.18. The molecule has 0 spiro atoms. The molecule has 86 valence electrons. The van der Waals surface area contributed by atoms with E-state index in [1.807, 2.05) is 6.92 Å². The zero-order valence-corrected chi connectivity index (χ0v) is 9.48. The van der Waals surface area contributed by atoms with Gasteiger partial charge >= 0.3 is 0 Å². The SMILES string of the molecule is C=C(C)CC(O)C1CN2CCCC2CO1. The minimum absolute atomic E-state index is 0.0175. The zero-order chi connectivity index (χ0) is 10.8. The number of hydrogen-bond acceptors (Lipinski definition) is 3. The Morgan fingerprint density at radius 3 is 3.20 bits per heavy atom. The number of morpholine rings is 1. The standard InChI is InChI=1S/C12H21NO2/c1-9(2)6-11(14)12-7-13-5-3-4-10(13)8-15-12/h10-12,14H,1,3-8H2,2H3. The molecule has 3 heteroatoms. The molecule has 15 heavy (non-hydrogen) atoms. The number of nitrogens with zero attached hydrogens (tertiary/aromatic N) is 1. The fourth-order valence-corrected chi connectivity index (χ4v) is 2.56. The number of aliphatic hydroxyl groups excluding tert-OH is 1. The maximum absolute atomic E-state index is 9.95. The van der Waals surface area contributed by atoms with Crippen LogP contribution in [0.25, 0.3) is 0 Å². The highest BCUT2D eigenvalue weighted by Crippen LogP contribution is 2.24. The molecule has 2 saturated heterocycles. The molecule has 2 rings (SSSR count). The second-order valence-electron chi connectivity index (χ2n) is 4.89. The van der Waals surface area contributed by atoms with E-state index in [1.165, 1.54) is 19.4 Å². The molecule has 3 atom stereocenters. The summed E-state index contributed by atoms with van der Waals surface area (Å²) in [6, 6.07) is 0.610. The third-order valence-corrected chi connectivity index (χ3v) is 3.40. The van der Waals surface area contributed by atoms with Gasteiger partial charge in [0.15, 0.2) is 0 Å². The second-order valence-corrected chi connectivity index (χ2v) is 4.89. The van der Waals surface area contributed by atoms with Crippen molar-refractivity contribution in [3.05, 3.63) is 12.2 Å². The van der Waals surface area contributed by atoms with Gasteiger partial charge in [0.05, 0.1) is 18.8 Å². The molecule has 1 N–H and O–H groups in total.